The zero-order valence-electron chi connectivity index (χ0n) is 9.00. The zero-order valence-corrected chi connectivity index (χ0v) is 9.00. The molecule has 0 radical (unpaired) electrons. The van der Waals surface area contributed by atoms with Gasteiger partial charge in [-0.15, -0.1) is 0 Å². The Morgan fingerprint density at radius 2 is 1.85 bits per heavy atom. The fraction of sp³-hybridized carbons (Fsp3) is 0.700. The lowest BCUT2D eigenvalue weighted by Gasteiger charge is -2.30. The van der Waals surface area contributed by atoms with Gasteiger partial charge in [-0.05, 0) is 33.8 Å². The monoisotopic (exact) mass is 184 g/mol. The molecule has 0 aromatic rings. The number of rotatable bonds is 5. The summed E-state index contributed by atoms with van der Waals surface area (Å²) in [4.78, 5) is 13.1. The summed E-state index contributed by atoms with van der Waals surface area (Å²) in [5, 5.41) is 2.76. The Kier molecular flexibility index (Phi) is 5.39. The first-order valence-electron chi connectivity index (χ1n) is 4.65. The molecule has 0 fully saturated rings. The average molecular weight is 184 g/mol. The Morgan fingerprint density at radius 3 is 2.15 bits per heavy atom. The van der Waals surface area contributed by atoms with Gasteiger partial charge < -0.3 is 5.32 Å². The van der Waals surface area contributed by atoms with Gasteiger partial charge in [0.15, 0.2) is 0 Å². The summed E-state index contributed by atoms with van der Waals surface area (Å²) < 4.78 is 0. The van der Waals surface area contributed by atoms with Crippen LogP contribution in [0.5, 0.6) is 0 Å². The first kappa shape index (κ1) is 12.2. The summed E-state index contributed by atoms with van der Waals surface area (Å²) in [6.45, 7) is 12.4. The van der Waals surface area contributed by atoms with Crippen molar-refractivity contribution < 1.29 is 4.79 Å². The highest BCUT2D eigenvalue weighted by Crippen LogP contribution is 2.02. The van der Waals surface area contributed by atoms with Crippen LogP contribution in [0, 0.1) is 0 Å². The second-order valence-corrected chi connectivity index (χ2v) is 3.60. The van der Waals surface area contributed by atoms with Crippen LogP contribution in [0.1, 0.15) is 27.7 Å². The second-order valence-electron chi connectivity index (χ2n) is 3.60. The zero-order chi connectivity index (χ0) is 10.4. The van der Waals surface area contributed by atoms with E-state index in [1.807, 2.05) is 0 Å². The Morgan fingerprint density at radius 1 is 1.38 bits per heavy atom. The third-order valence-corrected chi connectivity index (χ3v) is 1.95. The Labute approximate surface area is 80.8 Å². The van der Waals surface area contributed by atoms with E-state index in [1.165, 1.54) is 6.08 Å². The van der Waals surface area contributed by atoms with Crippen molar-refractivity contribution >= 4 is 5.91 Å². The van der Waals surface area contributed by atoms with Gasteiger partial charge >= 0.3 is 0 Å². The van der Waals surface area contributed by atoms with Gasteiger partial charge in [0.25, 0.3) is 0 Å². The maximum Gasteiger partial charge on any atom is 0.244 e. The van der Waals surface area contributed by atoms with Crippen molar-refractivity contribution in [1.82, 2.24) is 10.2 Å². The minimum Gasteiger partial charge on any atom is -0.340 e. The second kappa shape index (κ2) is 5.75. The van der Waals surface area contributed by atoms with E-state index in [0.717, 1.165) is 0 Å². The quantitative estimate of drug-likeness (QED) is 0.517. The predicted molar refractivity (Wildman–Crippen MR) is 55.3 cm³/mol. The van der Waals surface area contributed by atoms with Crippen LogP contribution < -0.4 is 5.32 Å². The third-order valence-electron chi connectivity index (χ3n) is 1.95. The number of carbonyl (C=O) groups excluding carboxylic acids is 1. The van der Waals surface area contributed by atoms with Crippen molar-refractivity contribution in [3.8, 4) is 0 Å². The van der Waals surface area contributed by atoms with E-state index in [9.17, 15) is 4.79 Å². The Balaban J connectivity index is 3.97. The van der Waals surface area contributed by atoms with Crippen LogP contribution >= 0.6 is 0 Å². The van der Waals surface area contributed by atoms with E-state index in [2.05, 4.69) is 44.5 Å². The molecule has 13 heavy (non-hydrogen) atoms. The van der Waals surface area contributed by atoms with Crippen LogP contribution in [0.3, 0.4) is 0 Å². The molecule has 0 aromatic heterocycles. The fourth-order valence-corrected chi connectivity index (χ4v) is 1.20. The van der Waals surface area contributed by atoms with Crippen molar-refractivity contribution in [3.05, 3.63) is 12.7 Å². The molecule has 1 amide bonds. The Bertz CT molecular complexity index is 168. The van der Waals surface area contributed by atoms with Crippen LogP contribution in [0.4, 0.5) is 0 Å². The molecule has 0 bridgehead atoms. The van der Waals surface area contributed by atoms with Crippen LogP contribution in [0.25, 0.3) is 0 Å². The molecule has 0 aliphatic heterocycles. The van der Waals surface area contributed by atoms with Crippen LogP contribution in [-0.2, 0) is 4.79 Å². The lowest BCUT2D eigenvalue weighted by molar-refractivity contribution is -0.117. The normalized spacial score (nSPS) is 11.0. The maximum atomic E-state index is 10.9. The largest absolute Gasteiger partial charge is 0.340 e. The number of amides is 1. The number of hydrogen-bond donors (Lipinski definition) is 1. The van der Waals surface area contributed by atoms with E-state index in [-0.39, 0.29) is 5.91 Å². The fourth-order valence-electron chi connectivity index (χ4n) is 1.20. The molecule has 0 aliphatic carbocycles. The standard InChI is InChI=1S/C10H20N2O/c1-6-10(13)11-7-12(8(2)3)9(4)5/h6,8-9H,1,7H2,2-5H3,(H,11,13). The number of nitrogens with zero attached hydrogens (tertiary/aromatic N) is 1. The number of hydrogen-bond acceptors (Lipinski definition) is 2. The van der Waals surface area contributed by atoms with Gasteiger partial charge in [0, 0.05) is 12.1 Å². The highest BCUT2D eigenvalue weighted by molar-refractivity contribution is 5.86. The van der Waals surface area contributed by atoms with Crippen molar-refractivity contribution in [2.45, 2.75) is 39.8 Å². The molecule has 76 valence electrons. The molecule has 0 saturated heterocycles. The van der Waals surface area contributed by atoms with E-state index < -0.39 is 0 Å². The first-order valence-corrected chi connectivity index (χ1v) is 4.65. The van der Waals surface area contributed by atoms with E-state index in [4.69, 9.17) is 0 Å². The molecule has 0 unspecified atom stereocenters. The number of nitrogens with one attached hydrogen (secondary N) is 1. The van der Waals surface area contributed by atoms with Gasteiger partial charge in [-0.1, -0.05) is 6.58 Å². The summed E-state index contributed by atoms with van der Waals surface area (Å²) in [7, 11) is 0. The van der Waals surface area contributed by atoms with E-state index in [1.54, 1.807) is 0 Å². The minimum absolute atomic E-state index is 0.119. The molecule has 0 saturated carbocycles. The van der Waals surface area contributed by atoms with E-state index in [0.29, 0.717) is 18.8 Å². The maximum absolute atomic E-state index is 10.9. The van der Waals surface area contributed by atoms with Gasteiger partial charge in [-0.25, -0.2) is 0 Å². The molecule has 0 atom stereocenters. The summed E-state index contributed by atoms with van der Waals surface area (Å²) in [5.74, 6) is -0.119. The van der Waals surface area contributed by atoms with Gasteiger partial charge in [-0.2, -0.15) is 0 Å². The molecule has 3 nitrogen and oxygen atoms in total. The summed E-state index contributed by atoms with van der Waals surface area (Å²) in [6.07, 6.45) is 1.29. The van der Waals surface area contributed by atoms with Crippen molar-refractivity contribution in [1.29, 1.82) is 0 Å². The molecule has 1 N–H and O–H groups in total. The molecular formula is C10H20N2O. The van der Waals surface area contributed by atoms with Gasteiger partial charge in [-0.3, -0.25) is 9.69 Å². The van der Waals surface area contributed by atoms with Crippen molar-refractivity contribution in [3.63, 3.8) is 0 Å². The average Bonchev–Trinajstić information content (AvgIpc) is 2.03. The SMILES string of the molecule is C=CC(=O)NCN(C(C)C)C(C)C. The first-order chi connectivity index (χ1) is 5.99. The lowest BCUT2D eigenvalue weighted by Crippen LogP contribution is -2.44. The smallest absolute Gasteiger partial charge is 0.244 e. The third kappa shape index (κ3) is 4.68. The molecular weight excluding hydrogens is 164 g/mol. The van der Waals surface area contributed by atoms with E-state index >= 15 is 0 Å². The molecule has 0 heterocycles. The molecule has 0 spiro atoms. The molecule has 0 aliphatic rings. The molecule has 3 heteroatoms. The topological polar surface area (TPSA) is 32.3 Å². The minimum atomic E-state index is -0.119. The van der Waals surface area contributed by atoms with Crippen LogP contribution in [0.15, 0.2) is 12.7 Å². The van der Waals surface area contributed by atoms with Gasteiger partial charge in [0.1, 0.15) is 0 Å². The van der Waals surface area contributed by atoms with Crippen molar-refractivity contribution in [2.75, 3.05) is 6.67 Å². The highest BCUT2D eigenvalue weighted by Gasteiger charge is 2.12. The van der Waals surface area contributed by atoms with Gasteiger partial charge in [0.05, 0.1) is 6.67 Å². The van der Waals surface area contributed by atoms with Crippen molar-refractivity contribution in [2.24, 2.45) is 0 Å². The Hall–Kier alpha value is -0.830. The van der Waals surface area contributed by atoms with Crippen LogP contribution in [0.2, 0.25) is 0 Å². The van der Waals surface area contributed by atoms with Gasteiger partial charge in [0.2, 0.25) is 5.91 Å². The van der Waals surface area contributed by atoms with Crippen LogP contribution in [-0.4, -0.2) is 29.6 Å². The molecule has 0 aromatic carbocycles. The molecule has 0 rings (SSSR count). The lowest BCUT2D eigenvalue weighted by atomic mass is 10.2. The summed E-state index contributed by atoms with van der Waals surface area (Å²) in [6, 6.07) is 0.871. The summed E-state index contributed by atoms with van der Waals surface area (Å²) in [5.41, 5.74) is 0. The highest BCUT2D eigenvalue weighted by atomic mass is 16.1. The summed E-state index contributed by atoms with van der Waals surface area (Å²) >= 11 is 0. The predicted octanol–water partition coefficient (Wildman–Crippen LogP) is 1.36. The number of carbonyl (C=O) groups is 1.